The van der Waals surface area contributed by atoms with Crippen LogP contribution in [-0.4, -0.2) is 9.97 Å². The Hall–Kier alpha value is -1.16. The van der Waals surface area contributed by atoms with Gasteiger partial charge in [-0.3, -0.25) is 0 Å². The molecule has 2 rings (SSSR count). The van der Waals surface area contributed by atoms with Crippen LogP contribution in [0.15, 0.2) is 36.4 Å². The molecular weight excluding hydrogens is 259 g/mol. The van der Waals surface area contributed by atoms with Gasteiger partial charge in [-0.2, -0.15) is 0 Å². The predicted molar refractivity (Wildman–Crippen MR) is 67.0 cm³/mol. The van der Waals surface area contributed by atoms with Gasteiger partial charge in [-0.05, 0) is 5.56 Å². The molecule has 3 nitrogen and oxygen atoms in total. The van der Waals surface area contributed by atoms with Crippen molar-refractivity contribution in [1.82, 2.24) is 9.97 Å². The van der Waals surface area contributed by atoms with Crippen LogP contribution in [0, 0.1) is 0 Å². The SMILES string of the molecule is Clc1cc(Cl)nc(COCc2ccccc2)n1. The second-order valence-corrected chi connectivity index (χ2v) is 4.18. The zero-order chi connectivity index (χ0) is 12.1. The van der Waals surface area contributed by atoms with E-state index in [2.05, 4.69) is 9.97 Å². The van der Waals surface area contributed by atoms with Crippen molar-refractivity contribution in [2.75, 3.05) is 0 Å². The first-order chi connectivity index (χ1) is 8.24. The van der Waals surface area contributed by atoms with Gasteiger partial charge in [0.25, 0.3) is 0 Å². The lowest BCUT2D eigenvalue weighted by atomic mass is 10.2. The number of aromatic nitrogens is 2. The van der Waals surface area contributed by atoms with Crippen molar-refractivity contribution in [3.63, 3.8) is 0 Å². The molecule has 0 fully saturated rings. The quantitative estimate of drug-likeness (QED) is 0.797. The van der Waals surface area contributed by atoms with E-state index in [-0.39, 0.29) is 6.61 Å². The van der Waals surface area contributed by atoms with Gasteiger partial charge in [-0.25, -0.2) is 9.97 Å². The molecule has 2 aromatic rings. The van der Waals surface area contributed by atoms with Crippen LogP contribution in [0.25, 0.3) is 0 Å². The smallest absolute Gasteiger partial charge is 0.157 e. The Morgan fingerprint density at radius 2 is 1.59 bits per heavy atom. The fourth-order valence-corrected chi connectivity index (χ4v) is 1.79. The molecule has 5 heteroatoms. The van der Waals surface area contributed by atoms with Crippen LogP contribution < -0.4 is 0 Å². The van der Waals surface area contributed by atoms with Gasteiger partial charge in [0.15, 0.2) is 5.82 Å². The van der Waals surface area contributed by atoms with Crippen LogP contribution in [0.2, 0.25) is 10.3 Å². The van der Waals surface area contributed by atoms with Crippen LogP contribution in [-0.2, 0) is 18.0 Å². The van der Waals surface area contributed by atoms with Crippen molar-refractivity contribution in [1.29, 1.82) is 0 Å². The molecule has 1 heterocycles. The Kier molecular flexibility index (Phi) is 4.31. The van der Waals surface area contributed by atoms with Gasteiger partial charge in [-0.1, -0.05) is 53.5 Å². The van der Waals surface area contributed by atoms with E-state index >= 15 is 0 Å². The second-order valence-electron chi connectivity index (χ2n) is 3.41. The van der Waals surface area contributed by atoms with Crippen molar-refractivity contribution in [3.05, 3.63) is 58.1 Å². The van der Waals surface area contributed by atoms with Gasteiger partial charge < -0.3 is 4.74 Å². The minimum absolute atomic E-state index is 0.287. The normalized spacial score (nSPS) is 10.5. The first-order valence-corrected chi connectivity index (χ1v) is 5.80. The summed E-state index contributed by atoms with van der Waals surface area (Å²) in [5.74, 6) is 0.485. The summed E-state index contributed by atoms with van der Waals surface area (Å²) >= 11 is 11.5. The number of benzene rings is 1. The topological polar surface area (TPSA) is 35.0 Å². The highest BCUT2D eigenvalue weighted by atomic mass is 35.5. The summed E-state index contributed by atoms with van der Waals surface area (Å²) in [5, 5.41) is 0.645. The van der Waals surface area contributed by atoms with Gasteiger partial charge in [0.2, 0.25) is 0 Å². The molecule has 0 aliphatic carbocycles. The molecule has 1 aromatic carbocycles. The first-order valence-electron chi connectivity index (χ1n) is 5.04. The van der Waals surface area contributed by atoms with Crippen molar-refractivity contribution >= 4 is 23.2 Å². The Bertz CT molecular complexity index is 471. The summed E-state index contributed by atoms with van der Waals surface area (Å²) in [4.78, 5) is 8.02. The van der Waals surface area contributed by atoms with Gasteiger partial charge in [-0.15, -0.1) is 0 Å². The molecule has 0 spiro atoms. The lowest BCUT2D eigenvalue weighted by Crippen LogP contribution is -2.00. The Balaban J connectivity index is 1.90. The van der Waals surface area contributed by atoms with Crippen LogP contribution in [0.3, 0.4) is 0 Å². The molecule has 0 amide bonds. The maximum atomic E-state index is 5.75. The molecule has 0 N–H and O–H groups in total. The lowest BCUT2D eigenvalue weighted by Gasteiger charge is -2.04. The molecule has 0 saturated carbocycles. The minimum atomic E-state index is 0.287. The summed E-state index contributed by atoms with van der Waals surface area (Å²) in [6, 6.07) is 11.4. The predicted octanol–water partition coefficient (Wildman–Crippen LogP) is 3.50. The van der Waals surface area contributed by atoms with Crippen LogP contribution >= 0.6 is 23.2 Å². The third-order valence-corrected chi connectivity index (χ3v) is 2.44. The van der Waals surface area contributed by atoms with Crippen LogP contribution in [0.5, 0.6) is 0 Å². The van der Waals surface area contributed by atoms with Crippen LogP contribution in [0.4, 0.5) is 0 Å². The maximum absolute atomic E-state index is 5.75. The average Bonchev–Trinajstić information content (AvgIpc) is 2.29. The summed E-state index contributed by atoms with van der Waals surface area (Å²) < 4.78 is 5.47. The highest BCUT2D eigenvalue weighted by molar-refractivity contribution is 6.33. The number of ether oxygens (including phenoxy) is 1. The fraction of sp³-hybridized carbons (Fsp3) is 0.167. The van der Waals surface area contributed by atoms with Crippen molar-refractivity contribution < 1.29 is 4.74 Å². The Morgan fingerprint density at radius 1 is 0.941 bits per heavy atom. The highest BCUT2D eigenvalue weighted by Crippen LogP contribution is 2.12. The molecule has 0 saturated heterocycles. The molecule has 1 aromatic heterocycles. The van der Waals surface area contributed by atoms with Gasteiger partial charge in [0.05, 0.1) is 6.61 Å². The molecule has 0 aliphatic rings. The number of hydrogen-bond donors (Lipinski definition) is 0. The molecule has 0 bridgehead atoms. The Morgan fingerprint density at radius 3 is 2.24 bits per heavy atom. The van der Waals surface area contributed by atoms with E-state index in [9.17, 15) is 0 Å². The molecule has 0 radical (unpaired) electrons. The highest BCUT2D eigenvalue weighted by Gasteiger charge is 2.02. The third kappa shape index (κ3) is 3.97. The summed E-state index contributed by atoms with van der Waals surface area (Å²) in [7, 11) is 0. The maximum Gasteiger partial charge on any atom is 0.157 e. The van der Waals surface area contributed by atoms with E-state index in [0.29, 0.717) is 22.7 Å². The van der Waals surface area contributed by atoms with Gasteiger partial charge in [0, 0.05) is 6.07 Å². The number of nitrogens with zero attached hydrogens (tertiary/aromatic N) is 2. The zero-order valence-electron chi connectivity index (χ0n) is 8.94. The van der Waals surface area contributed by atoms with E-state index in [1.807, 2.05) is 30.3 Å². The molecular formula is C12H10Cl2N2O. The van der Waals surface area contributed by atoms with Gasteiger partial charge in [0.1, 0.15) is 16.9 Å². The molecule has 0 aliphatic heterocycles. The number of halogens is 2. The Labute approximate surface area is 109 Å². The largest absolute Gasteiger partial charge is 0.369 e. The zero-order valence-corrected chi connectivity index (χ0v) is 10.4. The average molecular weight is 269 g/mol. The monoisotopic (exact) mass is 268 g/mol. The second kappa shape index (κ2) is 5.96. The standard InChI is InChI=1S/C12H10Cl2N2O/c13-10-6-11(14)16-12(15-10)8-17-7-9-4-2-1-3-5-9/h1-6H,7-8H2. The van der Waals surface area contributed by atoms with Crippen LogP contribution in [0.1, 0.15) is 11.4 Å². The molecule has 0 atom stereocenters. The minimum Gasteiger partial charge on any atom is -0.369 e. The lowest BCUT2D eigenvalue weighted by molar-refractivity contribution is 0.102. The summed E-state index contributed by atoms with van der Waals surface area (Å²) in [5.41, 5.74) is 1.10. The van der Waals surface area contributed by atoms with E-state index in [0.717, 1.165) is 5.56 Å². The summed E-state index contributed by atoms with van der Waals surface area (Å²) in [6.07, 6.45) is 0. The van der Waals surface area contributed by atoms with Crippen molar-refractivity contribution in [3.8, 4) is 0 Å². The van der Waals surface area contributed by atoms with Crippen molar-refractivity contribution in [2.45, 2.75) is 13.2 Å². The molecule has 17 heavy (non-hydrogen) atoms. The van der Waals surface area contributed by atoms with E-state index in [1.165, 1.54) is 6.07 Å². The van der Waals surface area contributed by atoms with Gasteiger partial charge >= 0.3 is 0 Å². The molecule has 0 unspecified atom stereocenters. The third-order valence-electron chi connectivity index (χ3n) is 2.05. The number of hydrogen-bond acceptors (Lipinski definition) is 3. The first kappa shape index (κ1) is 12.3. The fourth-order valence-electron chi connectivity index (χ4n) is 1.33. The summed E-state index contributed by atoms with van der Waals surface area (Å²) in [6.45, 7) is 0.795. The van der Waals surface area contributed by atoms with E-state index in [4.69, 9.17) is 27.9 Å². The number of rotatable bonds is 4. The van der Waals surface area contributed by atoms with E-state index < -0.39 is 0 Å². The van der Waals surface area contributed by atoms with Crippen molar-refractivity contribution in [2.24, 2.45) is 0 Å². The molecule has 88 valence electrons. The van der Waals surface area contributed by atoms with E-state index in [1.54, 1.807) is 0 Å².